The zero-order valence-electron chi connectivity index (χ0n) is 12.3. The summed E-state index contributed by atoms with van der Waals surface area (Å²) in [5, 5.41) is 7.02. The van der Waals surface area contributed by atoms with Crippen molar-refractivity contribution in [2.75, 3.05) is 18.5 Å². The number of carbonyl (C=O) groups is 3. The Hall–Kier alpha value is -2.67. The maximum Gasteiger partial charge on any atom is 0.308 e. The van der Waals surface area contributed by atoms with Gasteiger partial charge in [0.2, 0.25) is 0 Å². The number of hydrogen-bond donors (Lipinski definition) is 2. The highest BCUT2D eigenvalue weighted by atomic mass is 32.1. The number of nitrogens with one attached hydrogen (secondary N) is 2. The Kier molecular flexibility index (Phi) is 6.31. The molecule has 2 N–H and O–H groups in total. The van der Waals surface area contributed by atoms with Crippen LogP contribution in [0.15, 0.2) is 47.8 Å². The van der Waals surface area contributed by atoms with Crippen LogP contribution in [0.1, 0.15) is 16.1 Å². The molecule has 0 spiro atoms. The average Bonchev–Trinajstić information content (AvgIpc) is 3.08. The van der Waals surface area contributed by atoms with Gasteiger partial charge in [-0.25, -0.2) is 0 Å². The van der Waals surface area contributed by atoms with Crippen molar-refractivity contribution in [1.29, 1.82) is 0 Å². The topological polar surface area (TPSA) is 84.5 Å². The third-order valence-corrected chi connectivity index (χ3v) is 3.65. The number of para-hydroxylation sites is 1. The van der Waals surface area contributed by atoms with Crippen molar-refractivity contribution in [1.82, 2.24) is 5.32 Å². The quantitative estimate of drug-likeness (QED) is 0.760. The van der Waals surface area contributed by atoms with Gasteiger partial charge in [0.1, 0.15) is 0 Å². The average molecular weight is 332 g/mol. The summed E-state index contributed by atoms with van der Waals surface area (Å²) in [5.74, 6) is -1.18. The van der Waals surface area contributed by atoms with E-state index in [-0.39, 0.29) is 25.5 Å². The Balaban J connectivity index is 1.61. The summed E-state index contributed by atoms with van der Waals surface area (Å²) in [6.45, 7) is -0.192. The molecule has 120 valence electrons. The van der Waals surface area contributed by atoms with Gasteiger partial charge in [-0.05, 0) is 23.6 Å². The summed E-state index contributed by atoms with van der Waals surface area (Å²) in [6.07, 6.45) is 0.00965. The van der Waals surface area contributed by atoms with E-state index >= 15 is 0 Å². The van der Waals surface area contributed by atoms with E-state index in [4.69, 9.17) is 4.74 Å². The van der Waals surface area contributed by atoms with E-state index in [9.17, 15) is 14.4 Å². The van der Waals surface area contributed by atoms with Gasteiger partial charge in [0.15, 0.2) is 6.61 Å². The molecule has 1 aromatic heterocycles. The van der Waals surface area contributed by atoms with Crippen molar-refractivity contribution in [2.45, 2.75) is 6.42 Å². The number of amides is 2. The van der Waals surface area contributed by atoms with Crippen molar-refractivity contribution < 1.29 is 19.1 Å². The zero-order chi connectivity index (χ0) is 16.5. The third kappa shape index (κ3) is 5.91. The molecule has 0 atom stereocenters. The molecule has 1 heterocycles. The van der Waals surface area contributed by atoms with Crippen molar-refractivity contribution in [3.63, 3.8) is 0 Å². The molecule has 0 radical (unpaired) electrons. The minimum Gasteiger partial charge on any atom is -0.456 e. The van der Waals surface area contributed by atoms with E-state index in [1.807, 2.05) is 6.07 Å². The number of esters is 1. The second-order valence-electron chi connectivity index (χ2n) is 4.56. The smallest absolute Gasteiger partial charge is 0.308 e. The van der Waals surface area contributed by atoms with Crippen molar-refractivity contribution >= 4 is 34.8 Å². The molecular formula is C16H16N2O4S. The van der Waals surface area contributed by atoms with Gasteiger partial charge in [-0.15, -0.1) is 11.3 Å². The van der Waals surface area contributed by atoms with Gasteiger partial charge < -0.3 is 15.4 Å². The Morgan fingerprint density at radius 1 is 1.04 bits per heavy atom. The summed E-state index contributed by atoms with van der Waals surface area (Å²) in [4.78, 5) is 35.3. The van der Waals surface area contributed by atoms with Crippen LogP contribution in [0.25, 0.3) is 0 Å². The fourth-order valence-electron chi connectivity index (χ4n) is 1.71. The Bertz CT molecular complexity index is 656. The first-order chi connectivity index (χ1) is 11.1. The highest BCUT2D eigenvalue weighted by Gasteiger charge is 2.10. The SMILES string of the molecule is O=C(COC(=O)CCNC(=O)c1cccs1)Nc1ccccc1. The largest absolute Gasteiger partial charge is 0.456 e. The molecule has 2 aromatic rings. The molecule has 0 unspecified atom stereocenters. The molecule has 2 rings (SSSR count). The first-order valence-corrected chi connectivity index (χ1v) is 7.85. The summed E-state index contributed by atoms with van der Waals surface area (Å²) < 4.78 is 4.85. The van der Waals surface area contributed by atoms with E-state index in [0.717, 1.165) is 0 Å². The molecule has 0 bridgehead atoms. The number of benzene rings is 1. The first kappa shape index (κ1) is 16.7. The predicted molar refractivity (Wildman–Crippen MR) is 87.3 cm³/mol. The van der Waals surface area contributed by atoms with Crippen LogP contribution in [0.3, 0.4) is 0 Å². The lowest BCUT2D eigenvalue weighted by Crippen LogP contribution is -2.27. The van der Waals surface area contributed by atoms with Crippen molar-refractivity contribution in [2.24, 2.45) is 0 Å². The van der Waals surface area contributed by atoms with Crippen LogP contribution in [-0.2, 0) is 14.3 Å². The van der Waals surface area contributed by atoms with Gasteiger partial charge in [0.05, 0.1) is 11.3 Å². The minimum atomic E-state index is -0.542. The molecule has 7 heteroatoms. The highest BCUT2D eigenvalue weighted by molar-refractivity contribution is 7.12. The van der Waals surface area contributed by atoms with Crippen LogP contribution in [0.5, 0.6) is 0 Å². The van der Waals surface area contributed by atoms with Crippen molar-refractivity contribution in [3.8, 4) is 0 Å². The van der Waals surface area contributed by atoms with E-state index in [1.165, 1.54) is 11.3 Å². The molecule has 0 aliphatic carbocycles. The van der Waals surface area contributed by atoms with Crippen LogP contribution in [0.4, 0.5) is 5.69 Å². The molecule has 23 heavy (non-hydrogen) atoms. The summed E-state index contributed by atoms with van der Waals surface area (Å²) in [6, 6.07) is 12.4. The molecule has 0 fully saturated rings. The number of hydrogen-bond acceptors (Lipinski definition) is 5. The van der Waals surface area contributed by atoms with Crippen molar-refractivity contribution in [3.05, 3.63) is 52.7 Å². The summed E-state index contributed by atoms with van der Waals surface area (Å²) in [7, 11) is 0. The van der Waals surface area contributed by atoms with Crippen LogP contribution >= 0.6 is 11.3 Å². The maximum absolute atomic E-state index is 11.6. The first-order valence-electron chi connectivity index (χ1n) is 6.97. The minimum absolute atomic E-state index is 0.00965. The molecule has 6 nitrogen and oxygen atoms in total. The van der Waals surface area contributed by atoms with Gasteiger partial charge in [0, 0.05) is 12.2 Å². The molecular weight excluding hydrogens is 316 g/mol. The highest BCUT2D eigenvalue weighted by Crippen LogP contribution is 2.07. The summed E-state index contributed by atoms with van der Waals surface area (Å²) in [5.41, 5.74) is 0.636. The molecule has 0 saturated heterocycles. The Morgan fingerprint density at radius 3 is 2.52 bits per heavy atom. The lowest BCUT2D eigenvalue weighted by Gasteiger charge is -2.07. The molecule has 0 aliphatic heterocycles. The van der Waals surface area contributed by atoms with Crippen LogP contribution in [-0.4, -0.2) is 30.9 Å². The normalized spacial score (nSPS) is 9.91. The number of thiophene rings is 1. The van der Waals surface area contributed by atoms with Gasteiger partial charge in [-0.3, -0.25) is 14.4 Å². The zero-order valence-corrected chi connectivity index (χ0v) is 13.1. The van der Waals surface area contributed by atoms with Gasteiger partial charge in [-0.1, -0.05) is 24.3 Å². The number of ether oxygens (including phenoxy) is 1. The molecule has 0 aliphatic rings. The number of carbonyl (C=O) groups excluding carboxylic acids is 3. The molecule has 2 amide bonds. The number of rotatable bonds is 7. The van der Waals surface area contributed by atoms with E-state index in [1.54, 1.807) is 41.8 Å². The fourth-order valence-corrected chi connectivity index (χ4v) is 2.35. The maximum atomic E-state index is 11.6. The number of anilines is 1. The fraction of sp³-hybridized carbons (Fsp3) is 0.188. The Morgan fingerprint density at radius 2 is 1.83 bits per heavy atom. The second-order valence-corrected chi connectivity index (χ2v) is 5.51. The van der Waals surface area contributed by atoms with E-state index in [0.29, 0.717) is 10.6 Å². The van der Waals surface area contributed by atoms with E-state index < -0.39 is 11.9 Å². The van der Waals surface area contributed by atoms with Gasteiger partial charge >= 0.3 is 5.97 Å². The molecule has 0 saturated carbocycles. The molecule has 1 aromatic carbocycles. The van der Waals surface area contributed by atoms with E-state index in [2.05, 4.69) is 10.6 Å². The van der Waals surface area contributed by atoms with Gasteiger partial charge in [0.25, 0.3) is 11.8 Å². The van der Waals surface area contributed by atoms with Crippen LogP contribution < -0.4 is 10.6 Å². The Labute approximate surface area is 137 Å². The monoisotopic (exact) mass is 332 g/mol. The standard InChI is InChI=1S/C16H16N2O4S/c19-14(18-12-5-2-1-3-6-12)11-22-15(20)8-9-17-16(21)13-7-4-10-23-13/h1-7,10H,8-9,11H2,(H,17,21)(H,18,19). The lowest BCUT2D eigenvalue weighted by molar-refractivity contribution is -0.147. The predicted octanol–water partition coefficient (Wildman–Crippen LogP) is 2.05. The van der Waals surface area contributed by atoms with Crippen LogP contribution in [0, 0.1) is 0 Å². The van der Waals surface area contributed by atoms with Gasteiger partial charge in [-0.2, -0.15) is 0 Å². The van der Waals surface area contributed by atoms with Crippen LogP contribution in [0.2, 0.25) is 0 Å². The summed E-state index contributed by atoms with van der Waals surface area (Å²) >= 11 is 1.32. The third-order valence-electron chi connectivity index (χ3n) is 2.78. The second kappa shape index (κ2) is 8.70. The lowest BCUT2D eigenvalue weighted by atomic mass is 10.3.